The van der Waals surface area contributed by atoms with Crippen molar-refractivity contribution in [2.45, 2.75) is 89.2 Å². The van der Waals surface area contributed by atoms with Crippen LogP contribution in [0.3, 0.4) is 0 Å². The van der Waals surface area contributed by atoms with Gasteiger partial charge in [-0.1, -0.05) is 77.6 Å². The Hall–Kier alpha value is 0.810. The standard InChI is InChI=1S/C13H27O.C4H6O7S.2Na/c1-2-3-4-5-6-7-8-9-10-11-12-13-14;5-3(6)1-2(4(7)8)12(9,10)11;;/h2-13H2,1H3;2H,1H2,(H,5,6)(H,7,8)(H,9,10,11);;/q-1;;2*+1/p-1. The molecule has 0 aromatic heterocycles. The van der Waals surface area contributed by atoms with Gasteiger partial charge in [-0.2, -0.15) is 8.42 Å². The summed E-state index contributed by atoms with van der Waals surface area (Å²) < 4.78 is 28.5. The second kappa shape index (κ2) is 24.1. The van der Waals surface area contributed by atoms with E-state index in [1.165, 1.54) is 57.8 Å². The van der Waals surface area contributed by atoms with Crippen molar-refractivity contribution in [1.29, 1.82) is 0 Å². The molecule has 2 N–H and O–H groups in total. The molecule has 0 radical (unpaired) electrons. The van der Waals surface area contributed by atoms with Crippen molar-refractivity contribution >= 4 is 22.1 Å². The van der Waals surface area contributed by atoms with Gasteiger partial charge in [0.1, 0.15) is 5.25 Å². The van der Waals surface area contributed by atoms with Gasteiger partial charge in [-0.15, -0.1) is 6.61 Å². The quantitative estimate of drug-likeness (QED) is 0.145. The molecule has 1 atom stereocenters. The largest absolute Gasteiger partial charge is 1.00 e. The van der Waals surface area contributed by atoms with E-state index < -0.39 is 33.7 Å². The number of aliphatic carboxylic acids is 2. The van der Waals surface area contributed by atoms with Gasteiger partial charge in [0.25, 0.3) is 10.1 Å². The van der Waals surface area contributed by atoms with Gasteiger partial charge in [-0.3, -0.25) is 9.35 Å². The van der Waals surface area contributed by atoms with Gasteiger partial charge in [0.2, 0.25) is 0 Å². The molecule has 156 valence electrons. The zero-order valence-corrected chi connectivity index (χ0v) is 22.3. The maximum atomic E-state index is 10.2. The minimum Gasteiger partial charge on any atom is -0.854 e. The van der Waals surface area contributed by atoms with Crippen LogP contribution in [0.2, 0.25) is 0 Å². The molecule has 0 aromatic carbocycles. The van der Waals surface area contributed by atoms with Crippen LogP contribution in [0.15, 0.2) is 0 Å². The van der Waals surface area contributed by atoms with E-state index in [2.05, 4.69) is 6.92 Å². The summed E-state index contributed by atoms with van der Waals surface area (Å²) in [5.74, 6) is -3.79. The number of hydrogen-bond donors (Lipinski definition) is 2. The second-order valence-electron chi connectivity index (χ2n) is 6.16. The first kappa shape index (κ1) is 36.2. The van der Waals surface area contributed by atoms with Crippen molar-refractivity contribution in [3.63, 3.8) is 0 Å². The minimum atomic E-state index is -4.90. The number of carbonyl (C=O) groups is 2. The van der Waals surface area contributed by atoms with Crippen LogP contribution < -0.4 is 69.3 Å². The zero-order chi connectivity index (χ0) is 20.4. The molecule has 8 nitrogen and oxygen atoms in total. The molecule has 0 rings (SSSR count). The average Bonchev–Trinajstić information content (AvgIpc) is 2.53. The Morgan fingerprint density at radius 3 is 1.43 bits per heavy atom. The summed E-state index contributed by atoms with van der Waals surface area (Å²) in [5, 5.41) is 25.8. The van der Waals surface area contributed by atoms with E-state index in [9.17, 15) is 28.2 Å². The number of carboxylic acid groups (broad SMARTS) is 2. The van der Waals surface area contributed by atoms with Gasteiger partial charge in [0.15, 0.2) is 0 Å². The molecule has 0 saturated heterocycles. The average molecular weight is 442 g/mol. The van der Waals surface area contributed by atoms with Gasteiger partial charge in [0, 0.05) is 0 Å². The first-order valence-corrected chi connectivity index (χ1v) is 10.6. The Morgan fingerprint density at radius 2 is 1.21 bits per heavy atom. The predicted octanol–water partition coefficient (Wildman–Crippen LogP) is -4.87. The molecule has 11 heteroatoms. The Kier molecular flexibility index (Phi) is 31.1. The number of rotatable bonds is 15. The summed E-state index contributed by atoms with van der Waals surface area (Å²) in [5.41, 5.74) is 0. The molecule has 0 aliphatic heterocycles. The molecule has 0 aliphatic rings. The summed E-state index contributed by atoms with van der Waals surface area (Å²) in [7, 11) is -4.90. The maximum Gasteiger partial charge on any atom is 1.00 e. The molecule has 0 aromatic rings. The van der Waals surface area contributed by atoms with E-state index in [0.29, 0.717) is 0 Å². The van der Waals surface area contributed by atoms with E-state index in [4.69, 9.17) is 9.66 Å². The van der Waals surface area contributed by atoms with Gasteiger partial charge in [-0.05, 0) is 0 Å². The van der Waals surface area contributed by atoms with Crippen molar-refractivity contribution < 1.29 is 97.0 Å². The van der Waals surface area contributed by atoms with E-state index in [0.717, 1.165) is 12.8 Å². The third-order valence-electron chi connectivity index (χ3n) is 3.73. The normalized spacial score (nSPS) is 11.2. The molecule has 0 fully saturated rings. The van der Waals surface area contributed by atoms with Gasteiger partial charge < -0.3 is 20.1 Å². The summed E-state index contributed by atoms with van der Waals surface area (Å²) in [6.45, 7) is 2.38. The molecule has 1 unspecified atom stereocenters. The first-order valence-electron chi connectivity index (χ1n) is 9.13. The van der Waals surface area contributed by atoms with Crippen LogP contribution in [0.1, 0.15) is 84.0 Å². The van der Waals surface area contributed by atoms with Crippen LogP contribution in [0.4, 0.5) is 0 Å². The van der Waals surface area contributed by atoms with E-state index in [-0.39, 0.29) is 65.7 Å². The van der Waals surface area contributed by atoms with Crippen LogP contribution >= 0.6 is 0 Å². The fourth-order valence-electron chi connectivity index (χ4n) is 2.24. The van der Waals surface area contributed by atoms with Crippen LogP contribution in [0.25, 0.3) is 0 Å². The molecule has 0 spiro atoms. The Labute approximate surface area is 213 Å². The number of hydrogen-bond acceptors (Lipinski definition) is 6. The molecule has 0 bridgehead atoms. The third-order valence-corrected chi connectivity index (χ3v) is 4.81. The van der Waals surface area contributed by atoms with Crippen molar-refractivity contribution in [3.8, 4) is 0 Å². The number of unbranched alkanes of at least 4 members (excludes halogenated alkanes) is 10. The maximum absolute atomic E-state index is 10.2. The van der Waals surface area contributed by atoms with Gasteiger partial charge >= 0.3 is 65.1 Å². The second-order valence-corrected chi connectivity index (χ2v) is 7.76. The van der Waals surface area contributed by atoms with Crippen molar-refractivity contribution in [2.75, 3.05) is 6.61 Å². The van der Waals surface area contributed by atoms with Crippen LogP contribution in [0.5, 0.6) is 0 Å². The summed E-state index contributed by atoms with van der Waals surface area (Å²) >= 11 is 0. The van der Waals surface area contributed by atoms with Crippen LogP contribution in [0, 0.1) is 0 Å². The third kappa shape index (κ3) is 26.8. The SMILES string of the molecule is CCCCCCCCCCCCC[O-].O=C(O)CC(C(=O)[O-])S(=O)(=O)O.[Na+].[Na+]. The van der Waals surface area contributed by atoms with Crippen LogP contribution in [-0.4, -0.2) is 41.9 Å². The summed E-state index contributed by atoms with van der Waals surface area (Å²) in [4.78, 5) is 19.9. The molecule has 0 saturated carbocycles. The fourth-order valence-corrected chi connectivity index (χ4v) is 2.83. The van der Waals surface area contributed by atoms with Crippen molar-refractivity contribution in [3.05, 3.63) is 0 Å². The molecule has 28 heavy (non-hydrogen) atoms. The number of carboxylic acids is 2. The summed E-state index contributed by atoms with van der Waals surface area (Å²) in [6, 6.07) is 0. The topological polar surface area (TPSA) is 155 Å². The zero-order valence-electron chi connectivity index (χ0n) is 17.5. The first-order chi connectivity index (χ1) is 12.2. The molecular weight excluding hydrogens is 410 g/mol. The molecule has 0 heterocycles. The smallest absolute Gasteiger partial charge is 0.854 e. The van der Waals surface area contributed by atoms with Crippen LogP contribution in [-0.2, 0) is 19.7 Å². The van der Waals surface area contributed by atoms with Crippen molar-refractivity contribution in [1.82, 2.24) is 0 Å². The Bertz CT molecular complexity index is 460. The van der Waals surface area contributed by atoms with Crippen molar-refractivity contribution in [2.24, 2.45) is 0 Å². The van der Waals surface area contributed by atoms with Gasteiger partial charge in [0.05, 0.1) is 12.4 Å². The Morgan fingerprint density at radius 1 is 0.857 bits per heavy atom. The van der Waals surface area contributed by atoms with E-state index in [1.54, 1.807) is 0 Å². The number of carbonyl (C=O) groups excluding carboxylic acids is 1. The van der Waals surface area contributed by atoms with E-state index >= 15 is 0 Å². The summed E-state index contributed by atoms with van der Waals surface area (Å²) in [6.07, 6.45) is 13.2. The van der Waals surface area contributed by atoms with E-state index in [1.807, 2.05) is 0 Å². The molecular formula is C17H32Na2O8S. The molecule has 0 amide bonds. The predicted molar refractivity (Wildman–Crippen MR) is 93.9 cm³/mol. The monoisotopic (exact) mass is 442 g/mol. The molecule has 0 aliphatic carbocycles. The minimum absolute atomic E-state index is 0. The Balaban J connectivity index is -0.000000194. The van der Waals surface area contributed by atoms with Gasteiger partial charge in [-0.25, -0.2) is 0 Å². The fraction of sp³-hybridized carbons (Fsp3) is 0.882.